The molecule has 0 fully saturated rings. The van der Waals surface area contributed by atoms with Gasteiger partial charge < -0.3 is 20.1 Å². The highest BCUT2D eigenvalue weighted by atomic mass is 35.5. The van der Waals surface area contributed by atoms with Crippen molar-refractivity contribution in [3.8, 4) is 11.5 Å². The number of hydrogen-bond acceptors (Lipinski definition) is 4. The van der Waals surface area contributed by atoms with Crippen LogP contribution >= 0.6 is 11.6 Å². The lowest BCUT2D eigenvalue weighted by Gasteiger charge is -2.20. The van der Waals surface area contributed by atoms with Gasteiger partial charge in [-0.25, -0.2) is 0 Å². The normalized spacial score (nSPS) is 11.5. The molecule has 0 aliphatic heterocycles. The van der Waals surface area contributed by atoms with E-state index in [1.54, 1.807) is 42.5 Å². The lowest BCUT2D eigenvalue weighted by molar-refractivity contribution is -0.111. The molecule has 0 aliphatic rings. The maximum atomic E-state index is 12.3. The molecule has 166 valence electrons. The second-order valence-corrected chi connectivity index (χ2v) is 8.71. The molecule has 0 bridgehead atoms. The van der Waals surface area contributed by atoms with Gasteiger partial charge in [-0.15, -0.1) is 0 Å². The molecule has 0 radical (unpaired) electrons. The molecule has 0 saturated heterocycles. The van der Waals surface area contributed by atoms with Crippen LogP contribution in [0.2, 0.25) is 5.02 Å². The minimum absolute atomic E-state index is 0.0514. The Hall–Kier alpha value is -2.99. The van der Waals surface area contributed by atoms with Gasteiger partial charge in [0.15, 0.2) is 11.5 Å². The van der Waals surface area contributed by atoms with Crippen LogP contribution in [0.1, 0.15) is 50.5 Å². The molecular weight excluding hydrogens is 416 g/mol. The monoisotopic (exact) mass is 444 g/mol. The molecule has 0 aliphatic carbocycles. The van der Waals surface area contributed by atoms with Gasteiger partial charge >= 0.3 is 0 Å². The molecule has 2 aromatic carbocycles. The third-order valence-electron chi connectivity index (χ3n) is 3.94. The smallest absolute Gasteiger partial charge is 0.251 e. The quantitative estimate of drug-likeness (QED) is 0.567. The van der Waals surface area contributed by atoms with Crippen molar-refractivity contribution in [3.63, 3.8) is 0 Å². The largest absolute Gasteiger partial charge is 0.493 e. The Morgan fingerprint density at radius 2 is 1.74 bits per heavy atom. The Bertz CT molecular complexity index is 961. The van der Waals surface area contributed by atoms with E-state index in [4.69, 9.17) is 21.1 Å². The zero-order chi connectivity index (χ0) is 23.2. The van der Waals surface area contributed by atoms with Gasteiger partial charge in [0.05, 0.1) is 18.2 Å². The van der Waals surface area contributed by atoms with Gasteiger partial charge in [-0.2, -0.15) is 0 Å². The zero-order valence-corrected chi connectivity index (χ0v) is 19.5. The molecule has 7 heteroatoms. The first-order valence-electron chi connectivity index (χ1n) is 9.94. The summed E-state index contributed by atoms with van der Waals surface area (Å²) in [7, 11) is 1.53. The maximum absolute atomic E-state index is 12.3. The summed E-state index contributed by atoms with van der Waals surface area (Å²) in [6.45, 7) is 9.55. The predicted octanol–water partition coefficient (Wildman–Crippen LogP) is 5.32. The van der Waals surface area contributed by atoms with Crippen LogP contribution in [0, 0.1) is 0 Å². The van der Waals surface area contributed by atoms with E-state index < -0.39 is 0 Å². The zero-order valence-electron chi connectivity index (χ0n) is 18.7. The molecule has 2 amide bonds. The minimum Gasteiger partial charge on any atom is -0.493 e. The van der Waals surface area contributed by atoms with Crippen molar-refractivity contribution in [3.05, 3.63) is 58.6 Å². The Morgan fingerprint density at radius 1 is 1.10 bits per heavy atom. The number of nitrogens with one attached hydrogen (secondary N) is 2. The number of hydrogen-bond donors (Lipinski definition) is 2. The molecule has 2 N–H and O–H groups in total. The molecular formula is C24H29ClN2O4. The van der Waals surface area contributed by atoms with E-state index in [1.165, 1.54) is 13.2 Å². The van der Waals surface area contributed by atoms with E-state index in [9.17, 15) is 9.59 Å². The number of anilines is 1. The molecule has 0 unspecified atom stereocenters. The van der Waals surface area contributed by atoms with E-state index >= 15 is 0 Å². The highest BCUT2D eigenvalue weighted by Crippen LogP contribution is 2.37. The van der Waals surface area contributed by atoms with Crippen molar-refractivity contribution in [1.29, 1.82) is 0 Å². The first kappa shape index (κ1) is 24.3. The molecule has 0 saturated carbocycles. The average molecular weight is 445 g/mol. The summed E-state index contributed by atoms with van der Waals surface area (Å²) in [6, 6.07) is 10.1. The molecule has 2 rings (SSSR count). The molecule has 6 nitrogen and oxygen atoms in total. The van der Waals surface area contributed by atoms with Crippen molar-refractivity contribution >= 4 is 35.2 Å². The summed E-state index contributed by atoms with van der Waals surface area (Å²) in [6.07, 6.45) is 2.98. The Balaban J connectivity index is 2.05. The third-order valence-corrected chi connectivity index (χ3v) is 4.22. The maximum Gasteiger partial charge on any atom is 0.251 e. The van der Waals surface area contributed by atoms with E-state index in [1.807, 2.05) is 34.6 Å². The molecule has 0 heterocycles. The summed E-state index contributed by atoms with van der Waals surface area (Å²) >= 11 is 6.31. The fraction of sp³-hybridized carbons (Fsp3) is 0.333. The SMILES string of the molecule is COc1cc(/C=C/C(=O)Nc2ccc(C(=O)NC(C)(C)C)cc2)cc(Cl)c1OC(C)C. The number of carbonyl (C=O) groups is 2. The Morgan fingerprint density at radius 3 is 2.29 bits per heavy atom. The predicted molar refractivity (Wildman–Crippen MR) is 125 cm³/mol. The van der Waals surface area contributed by atoms with E-state index in [0.717, 1.165) is 0 Å². The number of halogens is 1. The second kappa shape index (κ2) is 10.4. The average Bonchev–Trinajstić information content (AvgIpc) is 2.67. The number of methoxy groups -OCH3 is 1. The van der Waals surface area contributed by atoms with Gasteiger partial charge in [0, 0.05) is 22.9 Å². The summed E-state index contributed by atoms with van der Waals surface area (Å²) in [4.78, 5) is 24.5. The fourth-order valence-electron chi connectivity index (χ4n) is 2.66. The molecule has 0 aromatic heterocycles. The van der Waals surface area contributed by atoms with Crippen LogP contribution in [0.3, 0.4) is 0 Å². The molecule has 0 spiro atoms. The Kier molecular flexibility index (Phi) is 8.11. The topological polar surface area (TPSA) is 76.7 Å². The first-order chi connectivity index (χ1) is 14.5. The summed E-state index contributed by atoms with van der Waals surface area (Å²) in [5.74, 6) is 0.479. The molecule has 2 aromatic rings. The van der Waals surface area contributed by atoms with Crippen LogP contribution in [0.4, 0.5) is 5.69 Å². The Labute approximate surface area is 188 Å². The number of carbonyl (C=O) groups excluding carboxylic acids is 2. The van der Waals surface area contributed by atoms with Crippen molar-refractivity contribution in [2.75, 3.05) is 12.4 Å². The summed E-state index contributed by atoms with van der Waals surface area (Å²) in [5.41, 5.74) is 1.48. The van der Waals surface area contributed by atoms with Gasteiger partial charge in [-0.05, 0) is 82.7 Å². The van der Waals surface area contributed by atoms with Crippen LogP contribution < -0.4 is 20.1 Å². The van der Waals surface area contributed by atoms with Crippen molar-refractivity contribution in [2.24, 2.45) is 0 Å². The number of amides is 2. The van der Waals surface area contributed by atoms with Crippen LogP contribution in [0.5, 0.6) is 11.5 Å². The fourth-order valence-corrected chi connectivity index (χ4v) is 2.92. The van der Waals surface area contributed by atoms with Crippen molar-refractivity contribution in [2.45, 2.75) is 46.3 Å². The van der Waals surface area contributed by atoms with Crippen molar-refractivity contribution < 1.29 is 19.1 Å². The van der Waals surface area contributed by atoms with E-state index in [-0.39, 0.29) is 23.5 Å². The second-order valence-electron chi connectivity index (χ2n) is 8.30. The molecule has 0 atom stereocenters. The van der Waals surface area contributed by atoms with E-state index in [2.05, 4.69) is 10.6 Å². The summed E-state index contributed by atoms with van der Waals surface area (Å²) in [5, 5.41) is 6.06. The first-order valence-corrected chi connectivity index (χ1v) is 10.3. The number of ether oxygens (including phenoxy) is 2. The van der Waals surface area contributed by atoms with Crippen LogP contribution in [0.25, 0.3) is 6.08 Å². The summed E-state index contributed by atoms with van der Waals surface area (Å²) < 4.78 is 11.0. The highest BCUT2D eigenvalue weighted by molar-refractivity contribution is 6.32. The van der Waals surface area contributed by atoms with Crippen LogP contribution in [-0.4, -0.2) is 30.6 Å². The number of rotatable bonds is 7. The van der Waals surface area contributed by atoms with Gasteiger partial charge in [-0.1, -0.05) is 11.6 Å². The van der Waals surface area contributed by atoms with Crippen LogP contribution in [0.15, 0.2) is 42.5 Å². The van der Waals surface area contributed by atoms with Crippen LogP contribution in [-0.2, 0) is 4.79 Å². The minimum atomic E-state index is -0.320. The van der Waals surface area contributed by atoms with E-state index in [0.29, 0.717) is 33.3 Å². The van der Waals surface area contributed by atoms with Gasteiger partial charge in [0.1, 0.15) is 0 Å². The van der Waals surface area contributed by atoms with Gasteiger partial charge in [-0.3, -0.25) is 9.59 Å². The van der Waals surface area contributed by atoms with Gasteiger partial charge in [0.25, 0.3) is 5.91 Å². The van der Waals surface area contributed by atoms with Crippen molar-refractivity contribution in [1.82, 2.24) is 5.32 Å². The van der Waals surface area contributed by atoms with Gasteiger partial charge in [0.2, 0.25) is 5.91 Å². The third kappa shape index (κ3) is 7.64. The lowest BCUT2D eigenvalue weighted by atomic mass is 10.1. The molecule has 31 heavy (non-hydrogen) atoms. The lowest BCUT2D eigenvalue weighted by Crippen LogP contribution is -2.40. The highest BCUT2D eigenvalue weighted by Gasteiger charge is 2.15. The standard InChI is InChI=1S/C24H29ClN2O4/c1-15(2)31-22-19(25)13-16(14-20(22)30-6)7-12-21(28)26-18-10-8-17(9-11-18)23(29)27-24(3,4)5/h7-15H,1-6H3,(H,26,28)(H,27,29)/b12-7+. The number of benzene rings is 2.